The molecule has 3 N–H and O–H groups in total. The topological polar surface area (TPSA) is 110 Å². The van der Waals surface area contributed by atoms with E-state index < -0.39 is 12.0 Å². The molecule has 0 spiro atoms. The van der Waals surface area contributed by atoms with Gasteiger partial charge in [-0.05, 0) is 78.8 Å². The van der Waals surface area contributed by atoms with Crippen molar-refractivity contribution in [2.24, 2.45) is 0 Å². The molecule has 2 amide bonds. The van der Waals surface area contributed by atoms with Crippen LogP contribution in [-0.4, -0.2) is 40.1 Å². The van der Waals surface area contributed by atoms with Crippen molar-refractivity contribution in [3.8, 4) is 17.0 Å². The Morgan fingerprint density at radius 3 is 2.56 bits per heavy atom. The molecule has 1 aliphatic heterocycles. The van der Waals surface area contributed by atoms with Crippen LogP contribution in [0.2, 0.25) is 0 Å². The van der Waals surface area contributed by atoms with Crippen LogP contribution in [0.4, 0.5) is 5.69 Å². The molecule has 3 aromatic carbocycles. The maximum absolute atomic E-state index is 13.7. The average molecular weight is 606 g/mol. The lowest BCUT2D eigenvalue weighted by Gasteiger charge is -2.23. The Balaban J connectivity index is 1.28. The third-order valence-electron chi connectivity index (χ3n) is 8.89. The number of carbonyl (C=O) groups excluding carboxylic acids is 2. The minimum absolute atomic E-state index is 0.292. The van der Waals surface area contributed by atoms with Crippen molar-refractivity contribution in [3.63, 3.8) is 0 Å². The smallest absolute Gasteiger partial charge is 0.328 e. The molecule has 0 saturated heterocycles. The highest BCUT2D eigenvalue weighted by Crippen LogP contribution is 2.47. The average Bonchev–Trinajstić information content (AvgIpc) is 3.25. The fraction of sp³-hybridized carbons (Fsp3) is 0.324. The molecule has 0 bridgehead atoms. The first kappa shape index (κ1) is 30.2. The molecule has 8 nitrogen and oxygen atoms in total. The minimum Gasteiger partial charge on any atom is -0.491 e. The van der Waals surface area contributed by atoms with Crippen molar-refractivity contribution in [3.05, 3.63) is 89.5 Å². The molecule has 232 valence electrons. The molecule has 1 aromatic heterocycles. The van der Waals surface area contributed by atoms with E-state index >= 15 is 0 Å². The van der Waals surface area contributed by atoms with Gasteiger partial charge < -0.3 is 25.0 Å². The molecule has 2 aliphatic rings. The van der Waals surface area contributed by atoms with Crippen LogP contribution in [0.5, 0.6) is 5.75 Å². The number of fused-ring (bicyclic) bond motifs is 5. The lowest BCUT2D eigenvalue weighted by Crippen LogP contribution is -2.43. The number of anilines is 1. The number of rotatable bonds is 9. The summed E-state index contributed by atoms with van der Waals surface area (Å²) in [4.78, 5) is 37.7. The van der Waals surface area contributed by atoms with Gasteiger partial charge in [-0.3, -0.25) is 9.59 Å². The number of hydrogen-bond acceptors (Lipinski definition) is 4. The predicted molar refractivity (Wildman–Crippen MR) is 177 cm³/mol. The molecule has 45 heavy (non-hydrogen) atoms. The van der Waals surface area contributed by atoms with Crippen LogP contribution in [0.25, 0.3) is 28.2 Å². The highest BCUT2D eigenvalue weighted by Gasteiger charge is 2.30. The molecule has 8 heteroatoms. The Kier molecular flexibility index (Phi) is 9.01. The fourth-order valence-corrected chi connectivity index (χ4v) is 6.75. The maximum atomic E-state index is 13.7. The van der Waals surface area contributed by atoms with Crippen LogP contribution in [0.1, 0.15) is 79.3 Å². The number of para-hydroxylation sites is 1. The summed E-state index contributed by atoms with van der Waals surface area (Å²) in [6.07, 6.45) is 9.79. The van der Waals surface area contributed by atoms with Crippen LogP contribution in [0, 0.1) is 0 Å². The number of nitrogens with zero attached hydrogens (tertiary/aromatic N) is 1. The van der Waals surface area contributed by atoms with E-state index in [9.17, 15) is 14.4 Å². The SMILES string of the molecule is CCCC(NC(=O)c1ccc2c(C3CCCCC3)c3n(c2c1)CCOc1ccccc1-3)C(=O)Nc1ccc(/C=C/C(=O)O)cc1. The molecule has 1 unspecified atom stereocenters. The van der Waals surface area contributed by atoms with Gasteiger partial charge in [-0.15, -0.1) is 0 Å². The molecular weight excluding hydrogens is 566 g/mol. The van der Waals surface area contributed by atoms with Crippen LogP contribution >= 0.6 is 0 Å². The van der Waals surface area contributed by atoms with Crippen molar-refractivity contribution < 1.29 is 24.2 Å². The summed E-state index contributed by atoms with van der Waals surface area (Å²) in [6.45, 7) is 3.21. The van der Waals surface area contributed by atoms with Gasteiger partial charge in [0, 0.05) is 33.8 Å². The van der Waals surface area contributed by atoms with Gasteiger partial charge in [0.25, 0.3) is 5.91 Å². The molecule has 0 radical (unpaired) electrons. The normalized spacial score (nSPS) is 15.5. The molecule has 4 aromatic rings. The number of carboxylic acid groups (broad SMARTS) is 1. The number of carboxylic acids is 1. The standard InChI is InChI=1S/C37H39N3O5/c1-2-8-30(37(44)38-27-17-13-24(14-18-27)15-20-33(41)42)39-36(43)26-16-19-28-31(23-26)40-21-22-45-32-12-7-6-11-29(32)35(40)34(28)25-9-4-3-5-10-25/h6-7,11-20,23,25,30H,2-5,8-10,21-22H2,1H3,(H,38,44)(H,39,43)(H,41,42)/b20-15+. The van der Waals surface area contributed by atoms with Crippen LogP contribution < -0.4 is 15.4 Å². The van der Waals surface area contributed by atoms with Crippen LogP contribution in [-0.2, 0) is 16.1 Å². The summed E-state index contributed by atoms with van der Waals surface area (Å²) in [5, 5.41) is 15.9. The molecule has 6 rings (SSSR count). The molecule has 1 fully saturated rings. The van der Waals surface area contributed by atoms with Crippen molar-refractivity contribution >= 4 is 40.4 Å². The lowest BCUT2D eigenvalue weighted by atomic mass is 9.81. The zero-order valence-electron chi connectivity index (χ0n) is 25.6. The van der Waals surface area contributed by atoms with Gasteiger partial charge in [0.2, 0.25) is 5.91 Å². The molecular formula is C37H39N3O5. The highest BCUT2D eigenvalue weighted by molar-refractivity contribution is 6.04. The molecule has 1 aliphatic carbocycles. The first-order chi connectivity index (χ1) is 21.9. The second kappa shape index (κ2) is 13.4. The fourth-order valence-electron chi connectivity index (χ4n) is 6.75. The van der Waals surface area contributed by atoms with Crippen LogP contribution in [0.15, 0.2) is 72.8 Å². The van der Waals surface area contributed by atoms with Crippen molar-refractivity contribution in [1.29, 1.82) is 0 Å². The van der Waals surface area contributed by atoms with Crippen molar-refractivity contribution in [2.45, 2.75) is 70.4 Å². The van der Waals surface area contributed by atoms with Gasteiger partial charge in [-0.25, -0.2) is 4.79 Å². The van der Waals surface area contributed by atoms with Gasteiger partial charge in [0.15, 0.2) is 0 Å². The Bertz CT molecular complexity index is 1750. The van der Waals surface area contributed by atoms with Gasteiger partial charge >= 0.3 is 5.97 Å². The Hall–Kier alpha value is -4.85. The third-order valence-corrected chi connectivity index (χ3v) is 8.89. The number of nitrogens with one attached hydrogen (secondary N) is 2. The third kappa shape index (κ3) is 6.50. The van der Waals surface area contributed by atoms with E-state index in [1.165, 1.54) is 42.0 Å². The summed E-state index contributed by atoms with van der Waals surface area (Å²) >= 11 is 0. The number of benzene rings is 3. The second-order valence-electron chi connectivity index (χ2n) is 11.9. The van der Waals surface area contributed by atoms with E-state index in [2.05, 4.69) is 33.4 Å². The second-order valence-corrected chi connectivity index (χ2v) is 11.9. The van der Waals surface area contributed by atoms with Gasteiger partial charge in [0.1, 0.15) is 18.4 Å². The monoisotopic (exact) mass is 605 g/mol. The lowest BCUT2D eigenvalue weighted by molar-refractivity contribution is -0.131. The first-order valence-corrected chi connectivity index (χ1v) is 15.9. The van der Waals surface area contributed by atoms with Gasteiger partial charge in [-0.1, -0.05) is 62.9 Å². The summed E-state index contributed by atoms with van der Waals surface area (Å²) in [6, 6.07) is 20.4. The number of ether oxygens (including phenoxy) is 1. The number of aliphatic carboxylic acids is 1. The Morgan fingerprint density at radius 2 is 1.80 bits per heavy atom. The number of aromatic nitrogens is 1. The maximum Gasteiger partial charge on any atom is 0.328 e. The van der Waals surface area contributed by atoms with Gasteiger partial charge in [0.05, 0.1) is 12.2 Å². The van der Waals surface area contributed by atoms with E-state index in [0.29, 0.717) is 48.7 Å². The Labute approximate surface area is 263 Å². The van der Waals surface area contributed by atoms with Crippen molar-refractivity contribution in [2.75, 3.05) is 11.9 Å². The zero-order chi connectivity index (χ0) is 31.3. The predicted octanol–water partition coefficient (Wildman–Crippen LogP) is 7.38. The minimum atomic E-state index is -1.03. The number of hydrogen-bond donors (Lipinski definition) is 3. The number of carbonyl (C=O) groups is 3. The summed E-state index contributed by atoms with van der Waals surface area (Å²) in [5.41, 5.74) is 6.47. The largest absolute Gasteiger partial charge is 0.491 e. The Morgan fingerprint density at radius 1 is 1.02 bits per heavy atom. The summed E-state index contributed by atoms with van der Waals surface area (Å²) < 4.78 is 8.50. The molecule has 1 atom stereocenters. The zero-order valence-corrected chi connectivity index (χ0v) is 25.6. The van der Waals surface area contributed by atoms with E-state index in [4.69, 9.17) is 9.84 Å². The van der Waals surface area contributed by atoms with E-state index in [0.717, 1.165) is 35.7 Å². The van der Waals surface area contributed by atoms with Crippen molar-refractivity contribution in [1.82, 2.24) is 9.88 Å². The molecule has 1 saturated carbocycles. The summed E-state index contributed by atoms with van der Waals surface area (Å²) in [5.74, 6) is -0.261. The van der Waals surface area contributed by atoms with E-state index in [1.807, 2.05) is 31.2 Å². The number of amides is 2. The quantitative estimate of drug-likeness (QED) is 0.173. The highest BCUT2D eigenvalue weighted by atomic mass is 16.5. The molecule has 2 heterocycles. The first-order valence-electron chi connectivity index (χ1n) is 15.9. The van der Waals surface area contributed by atoms with Crippen LogP contribution in [0.3, 0.4) is 0 Å². The van der Waals surface area contributed by atoms with E-state index in [1.54, 1.807) is 24.3 Å². The van der Waals surface area contributed by atoms with Gasteiger partial charge in [-0.2, -0.15) is 0 Å². The van der Waals surface area contributed by atoms with E-state index in [-0.39, 0.29) is 11.8 Å². The summed E-state index contributed by atoms with van der Waals surface area (Å²) in [7, 11) is 0.